The minimum atomic E-state index is -0.219. The molecule has 0 radical (unpaired) electrons. The van der Waals surface area contributed by atoms with Crippen LogP contribution in [0.1, 0.15) is 37.9 Å². The molecule has 156 valence electrons. The minimum Gasteiger partial charge on any atom is -0.351 e. The molecule has 9 nitrogen and oxygen atoms in total. The van der Waals surface area contributed by atoms with Crippen LogP contribution in [-0.2, 0) is 19.5 Å². The van der Waals surface area contributed by atoms with Crippen molar-refractivity contribution in [3.05, 3.63) is 77.3 Å². The van der Waals surface area contributed by atoms with Crippen LogP contribution in [0.15, 0.2) is 48.9 Å². The second kappa shape index (κ2) is 7.67. The molecule has 1 aliphatic heterocycles. The van der Waals surface area contributed by atoms with Crippen LogP contribution in [0.4, 0.5) is 0 Å². The number of aromatic amines is 2. The zero-order chi connectivity index (χ0) is 21.4. The summed E-state index contributed by atoms with van der Waals surface area (Å²) in [6.45, 7) is 1.22. The van der Waals surface area contributed by atoms with Crippen molar-refractivity contribution in [2.24, 2.45) is 0 Å². The SMILES string of the molecule is CN(Cc1cnccn1)C(=O)c1n[nH]c2c1CN(C(=O)c1cc3ccccc3[nH]1)CC2. The molecule has 0 atom stereocenters. The van der Waals surface area contributed by atoms with Gasteiger partial charge in [0.15, 0.2) is 5.69 Å². The normalized spacial score (nSPS) is 13.3. The highest BCUT2D eigenvalue weighted by Gasteiger charge is 2.30. The summed E-state index contributed by atoms with van der Waals surface area (Å²) in [6.07, 6.45) is 5.44. The van der Waals surface area contributed by atoms with Crippen molar-refractivity contribution in [1.29, 1.82) is 0 Å². The van der Waals surface area contributed by atoms with E-state index in [9.17, 15) is 9.59 Å². The molecule has 3 aromatic heterocycles. The number of H-pyrrole nitrogens is 2. The molecular formula is C22H21N7O2. The Labute approximate surface area is 178 Å². The van der Waals surface area contributed by atoms with Crippen molar-refractivity contribution >= 4 is 22.7 Å². The molecule has 2 amide bonds. The Balaban J connectivity index is 1.35. The lowest BCUT2D eigenvalue weighted by Gasteiger charge is -2.27. The maximum Gasteiger partial charge on any atom is 0.274 e. The minimum absolute atomic E-state index is 0.0886. The standard InChI is InChI=1S/C22H21N7O2/c1-28(12-15-11-23-7-8-24-15)22(31)20-16-13-29(9-6-18(16)26-27-20)21(30)19-10-14-4-2-3-5-17(14)25-19/h2-5,7-8,10-11,25H,6,9,12-13H2,1H3,(H,26,27). The molecule has 5 rings (SSSR count). The zero-order valence-corrected chi connectivity index (χ0v) is 17.0. The van der Waals surface area contributed by atoms with Gasteiger partial charge in [0.25, 0.3) is 11.8 Å². The number of aromatic nitrogens is 5. The molecule has 1 aromatic carbocycles. The van der Waals surface area contributed by atoms with Gasteiger partial charge in [-0.1, -0.05) is 18.2 Å². The van der Waals surface area contributed by atoms with Gasteiger partial charge in [0, 0.05) is 54.6 Å². The third-order valence-corrected chi connectivity index (χ3v) is 5.55. The summed E-state index contributed by atoms with van der Waals surface area (Å²) in [5.41, 5.74) is 4.17. The predicted octanol–water partition coefficient (Wildman–Crippen LogP) is 2.15. The van der Waals surface area contributed by atoms with Crippen molar-refractivity contribution in [3.8, 4) is 0 Å². The Bertz CT molecular complexity index is 1230. The smallest absolute Gasteiger partial charge is 0.274 e. The average molecular weight is 415 g/mol. The van der Waals surface area contributed by atoms with Gasteiger partial charge in [-0.3, -0.25) is 24.7 Å². The summed E-state index contributed by atoms with van der Waals surface area (Å²) >= 11 is 0. The van der Waals surface area contributed by atoms with E-state index in [0.29, 0.717) is 43.1 Å². The van der Waals surface area contributed by atoms with Crippen LogP contribution in [0.25, 0.3) is 10.9 Å². The molecule has 0 saturated carbocycles. The second-order valence-electron chi connectivity index (χ2n) is 7.63. The van der Waals surface area contributed by atoms with E-state index < -0.39 is 0 Å². The Morgan fingerprint density at radius 3 is 2.90 bits per heavy atom. The third kappa shape index (κ3) is 3.54. The van der Waals surface area contributed by atoms with Crippen LogP contribution < -0.4 is 0 Å². The molecule has 1 aliphatic rings. The van der Waals surface area contributed by atoms with Crippen molar-refractivity contribution in [1.82, 2.24) is 34.9 Å². The fourth-order valence-corrected chi connectivity index (χ4v) is 3.91. The van der Waals surface area contributed by atoms with Crippen LogP contribution >= 0.6 is 0 Å². The van der Waals surface area contributed by atoms with E-state index in [0.717, 1.165) is 22.2 Å². The number of rotatable bonds is 4. The first-order valence-corrected chi connectivity index (χ1v) is 10.0. The lowest BCUT2D eigenvalue weighted by atomic mass is 10.0. The summed E-state index contributed by atoms with van der Waals surface area (Å²) in [5.74, 6) is -0.308. The van der Waals surface area contributed by atoms with Gasteiger partial charge >= 0.3 is 0 Å². The number of nitrogens with zero attached hydrogens (tertiary/aromatic N) is 5. The van der Waals surface area contributed by atoms with Gasteiger partial charge in [0.05, 0.1) is 25.0 Å². The Morgan fingerprint density at radius 1 is 1.23 bits per heavy atom. The Morgan fingerprint density at radius 2 is 2.10 bits per heavy atom. The first-order valence-electron chi connectivity index (χ1n) is 10.0. The first-order chi connectivity index (χ1) is 15.1. The quantitative estimate of drug-likeness (QED) is 0.531. The fraction of sp³-hybridized carbons (Fsp3) is 0.227. The summed E-state index contributed by atoms with van der Waals surface area (Å²) in [5, 5.41) is 8.23. The summed E-state index contributed by atoms with van der Waals surface area (Å²) in [6, 6.07) is 9.65. The number of para-hydroxylation sites is 1. The number of amides is 2. The lowest BCUT2D eigenvalue weighted by Crippen LogP contribution is -2.37. The number of nitrogens with one attached hydrogen (secondary N) is 2. The fourth-order valence-electron chi connectivity index (χ4n) is 3.91. The molecule has 0 spiro atoms. The number of hydrogen-bond acceptors (Lipinski definition) is 5. The molecule has 2 N–H and O–H groups in total. The van der Waals surface area contributed by atoms with E-state index >= 15 is 0 Å². The van der Waals surface area contributed by atoms with Crippen LogP contribution in [0.5, 0.6) is 0 Å². The molecule has 4 aromatic rings. The largest absolute Gasteiger partial charge is 0.351 e. The molecule has 31 heavy (non-hydrogen) atoms. The highest BCUT2D eigenvalue weighted by atomic mass is 16.2. The van der Waals surface area contributed by atoms with Crippen molar-refractivity contribution in [2.75, 3.05) is 13.6 Å². The molecule has 0 fully saturated rings. The number of carbonyl (C=O) groups excluding carboxylic acids is 2. The van der Waals surface area contributed by atoms with Gasteiger partial charge in [0.2, 0.25) is 0 Å². The molecule has 0 saturated heterocycles. The first kappa shape index (κ1) is 19.0. The maximum absolute atomic E-state index is 13.1. The lowest BCUT2D eigenvalue weighted by molar-refractivity contribution is 0.0717. The summed E-state index contributed by atoms with van der Waals surface area (Å²) < 4.78 is 0. The van der Waals surface area contributed by atoms with Gasteiger partial charge in [-0.25, -0.2) is 0 Å². The highest BCUT2D eigenvalue weighted by Crippen LogP contribution is 2.24. The van der Waals surface area contributed by atoms with Crippen molar-refractivity contribution in [3.63, 3.8) is 0 Å². The Kier molecular flexibility index (Phi) is 4.70. The van der Waals surface area contributed by atoms with Gasteiger partial charge in [0.1, 0.15) is 5.69 Å². The molecular weight excluding hydrogens is 394 g/mol. The highest BCUT2D eigenvalue weighted by molar-refractivity contribution is 5.98. The van der Waals surface area contributed by atoms with E-state index in [4.69, 9.17) is 0 Å². The third-order valence-electron chi connectivity index (χ3n) is 5.55. The molecule has 0 bridgehead atoms. The van der Waals surface area contributed by atoms with Gasteiger partial charge in [-0.15, -0.1) is 0 Å². The Hall–Kier alpha value is -4.01. The molecule has 0 unspecified atom stereocenters. The van der Waals surface area contributed by atoms with E-state index in [1.165, 1.54) is 0 Å². The molecule has 0 aliphatic carbocycles. The monoisotopic (exact) mass is 415 g/mol. The predicted molar refractivity (Wildman–Crippen MR) is 113 cm³/mol. The number of fused-ring (bicyclic) bond motifs is 2. The van der Waals surface area contributed by atoms with E-state index in [2.05, 4.69) is 25.1 Å². The number of hydrogen-bond donors (Lipinski definition) is 2. The van der Waals surface area contributed by atoms with E-state index in [1.54, 1.807) is 35.4 Å². The average Bonchev–Trinajstić information content (AvgIpc) is 3.42. The molecule has 9 heteroatoms. The van der Waals surface area contributed by atoms with Crippen molar-refractivity contribution in [2.45, 2.75) is 19.5 Å². The van der Waals surface area contributed by atoms with E-state index in [-0.39, 0.29) is 11.8 Å². The van der Waals surface area contributed by atoms with Gasteiger partial charge in [-0.2, -0.15) is 5.10 Å². The number of carbonyl (C=O) groups is 2. The second-order valence-corrected chi connectivity index (χ2v) is 7.63. The van der Waals surface area contributed by atoms with E-state index in [1.807, 2.05) is 30.3 Å². The topological polar surface area (TPSA) is 111 Å². The zero-order valence-electron chi connectivity index (χ0n) is 17.0. The van der Waals surface area contributed by atoms with Crippen molar-refractivity contribution < 1.29 is 9.59 Å². The molecule has 4 heterocycles. The van der Waals surface area contributed by atoms with Crippen LogP contribution in [0.2, 0.25) is 0 Å². The summed E-state index contributed by atoms with van der Waals surface area (Å²) in [4.78, 5) is 40.9. The van der Waals surface area contributed by atoms with Crippen LogP contribution in [0.3, 0.4) is 0 Å². The van der Waals surface area contributed by atoms with Gasteiger partial charge < -0.3 is 14.8 Å². The number of benzene rings is 1. The maximum atomic E-state index is 13.1. The van der Waals surface area contributed by atoms with Crippen LogP contribution in [-0.4, -0.2) is 60.4 Å². The van der Waals surface area contributed by atoms with Gasteiger partial charge in [-0.05, 0) is 12.1 Å². The van der Waals surface area contributed by atoms with Crippen LogP contribution in [0, 0.1) is 0 Å². The summed E-state index contributed by atoms with van der Waals surface area (Å²) in [7, 11) is 1.70.